The van der Waals surface area contributed by atoms with E-state index in [4.69, 9.17) is 28.7 Å². The Morgan fingerprint density at radius 2 is 1.34 bits per heavy atom. The minimum absolute atomic E-state index is 0.00576. The van der Waals surface area contributed by atoms with Crippen LogP contribution in [0.25, 0.3) is 0 Å². The van der Waals surface area contributed by atoms with Gasteiger partial charge in [0, 0.05) is 13.1 Å². The lowest BCUT2D eigenvalue weighted by molar-refractivity contribution is -0.143. The molecule has 5 unspecified atom stereocenters. The van der Waals surface area contributed by atoms with Crippen LogP contribution < -0.4 is 44.6 Å². The van der Waals surface area contributed by atoms with Crippen molar-refractivity contribution >= 4 is 47.4 Å². The van der Waals surface area contributed by atoms with Gasteiger partial charge in [0.2, 0.25) is 17.7 Å². The molecule has 0 saturated heterocycles. The summed E-state index contributed by atoms with van der Waals surface area (Å²) < 4.78 is 0. The van der Waals surface area contributed by atoms with Crippen LogP contribution in [0.2, 0.25) is 0 Å². The summed E-state index contributed by atoms with van der Waals surface area (Å²) in [5.74, 6) is -3.25. The van der Waals surface area contributed by atoms with Gasteiger partial charge in [-0.25, -0.2) is 4.79 Å². The topological polar surface area (TPSA) is 300 Å². The van der Waals surface area contributed by atoms with Crippen molar-refractivity contribution in [1.82, 2.24) is 16.0 Å². The van der Waals surface area contributed by atoms with Crippen LogP contribution in [0, 0.1) is 0 Å². The molecule has 0 aliphatic heterocycles. The van der Waals surface area contributed by atoms with Crippen molar-refractivity contribution in [3.05, 3.63) is 0 Å². The van der Waals surface area contributed by atoms with Gasteiger partial charge in [0.25, 0.3) is 0 Å². The van der Waals surface area contributed by atoms with Crippen molar-refractivity contribution in [2.75, 3.05) is 25.1 Å². The van der Waals surface area contributed by atoms with Gasteiger partial charge in [0.05, 0.1) is 12.1 Å². The van der Waals surface area contributed by atoms with Crippen LogP contribution in [-0.4, -0.2) is 101 Å². The fourth-order valence-electron chi connectivity index (χ4n) is 3.12. The molecule has 0 aromatic heterocycles. The summed E-state index contributed by atoms with van der Waals surface area (Å²) in [5, 5.41) is 26.9. The van der Waals surface area contributed by atoms with Crippen molar-refractivity contribution in [3.8, 4) is 0 Å². The second kappa shape index (κ2) is 18.9. The monoisotopic (exact) mass is 562 g/mol. The summed E-state index contributed by atoms with van der Waals surface area (Å²) in [4.78, 5) is 57.5. The summed E-state index contributed by atoms with van der Waals surface area (Å²) in [5.41, 5.74) is 26.9. The fraction of sp³-hybridized carbons (Fsp3) is 0.714. The molecule has 0 fully saturated rings. The van der Waals surface area contributed by atoms with Crippen molar-refractivity contribution in [2.24, 2.45) is 38.7 Å². The molecule has 16 nitrogen and oxygen atoms in total. The van der Waals surface area contributed by atoms with E-state index in [0.717, 1.165) is 0 Å². The van der Waals surface area contributed by atoms with Gasteiger partial charge < -0.3 is 54.8 Å². The zero-order valence-electron chi connectivity index (χ0n) is 21.8. The number of carbonyl (C=O) groups is 4. The van der Waals surface area contributed by atoms with E-state index in [1.54, 1.807) is 0 Å². The largest absolute Gasteiger partial charge is 0.480 e. The maximum absolute atomic E-state index is 13.0. The average molecular weight is 563 g/mol. The Labute approximate surface area is 226 Å². The number of hydrogen-bond donors (Lipinski definition) is 10. The highest BCUT2D eigenvalue weighted by molar-refractivity contribution is 7.98. The van der Waals surface area contributed by atoms with Gasteiger partial charge in [-0.3, -0.25) is 24.4 Å². The molecule has 0 radical (unpaired) electrons. The summed E-state index contributed by atoms with van der Waals surface area (Å²) in [7, 11) is 0. The third kappa shape index (κ3) is 15.1. The number of carboxylic acid groups (broad SMARTS) is 1. The van der Waals surface area contributed by atoms with E-state index < -0.39 is 54.0 Å². The molecule has 0 rings (SSSR count). The summed E-state index contributed by atoms with van der Waals surface area (Å²) in [6.45, 7) is 1.71. The van der Waals surface area contributed by atoms with Crippen LogP contribution in [0.15, 0.2) is 9.98 Å². The first kappa shape index (κ1) is 34.7. The third-order valence-corrected chi connectivity index (χ3v) is 5.81. The Hall–Kier alpha value is -3.31. The van der Waals surface area contributed by atoms with Crippen molar-refractivity contribution in [2.45, 2.75) is 69.3 Å². The number of aliphatic hydroxyl groups is 1. The number of hydrogen-bond acceptors (Lipinski definition) is 9. The number of carboxylic acids is 1. The highest BCUT2D eigenvalue weighted by Crippen LogP contribution is 2.06. The highest BCUT2D eigenvalue weighted by atomic mass is 32.2. The third-order valence-electron chi connectivity index (χ3n) is 5.17. The van der Waals surface area contributed by atoms with Crippen LogP contribution in [0.5, 0.6) is 0 Å². The van der Waals surface area contributed by atoms with Crippen LogP contribution in [0.4, 0.5) is 0 Å². The lowest BCUT2D eigenvalue weighted by Crippen LogP contribution is -2.59. The first-order valence-corrected chi connectivity index (χ1v) is 13.4. The SMILES string of the molecule is CSCCC(NC(=O)C(N)CCCN=C(N)N)C(=O)NC(C(=O)NC(CCCN=C(N)N)C(=O)O)C(C)O. The number of nitrogens with one attached hydrogen (secondary N) is 3. The summed E-state index contributed by atoms with van der Waals surface area (Å²) >= 11 is 1.44. The van der Waals surface area contributed by atoms with E-state index in [1.165, 1.54) is 18.7 Å². The average Bonchev–Trinajstić information content (AvgIpc) is 2.83. The lowest BCUT2D eigenvalue weighted by Gasteiger charge is -2.26. The Morgan fingerprint density at radius 3 is 1.82 bits per heavy atom. The van der Waals surface area contributed by atoms with Crippen LogP contribution >= 0.6 is 11.8 Å². The first-order chi connectivity index (χ1) is 17.8. The number of guanidine groups is 2. The minimum Gasteiger partial charge on any atom is -0.480 e. The molecule has 5 atom stereocenters. The summed E-state index contributed by atoms with van der Waals surface area (Å²) in [6, 6.07) is -4.77. The number of aliphatic carboxylic acids is 1. The van der Waals surface area contributed by atoms with Gasteiger partial charge in [0.15, 0.2) is 11.9 Å². The van der Waals surface area contributed by atoms with Gasteiger partial charge in [-0.05, 0) is 51.0 Å². The number of rotatable bonds is 19. The predicted octanol–water partition coefficient (Wildman–Crippen LogP) is -3.91. The van der Waals surface area contributed by atoms with E-state index in [-0.39, 0.29) is 50.7 Å². The minimum atomic E-state index is -1.48. The quantitative estimate of drug-likeness (QED) is 0.0410. The second-order valence-electron chi connectivity index (χ2n) is 8.47. The molecule has 0 aliphatic rings. The van der Waals surface area contributed by atoms with Crippen LogP contribution in [0.3, 0.4) is 0 Å². The zero-order valence-corrected chi connectivity index (χ0v) is 22.6. The number of aliphatic imine (C=N–C) groups is 2. The molecule has 0 spiro atoms. The van der Waals surface area contributed by atoms with E-state index in [1.807, 2.05) is 6.26 Å². The molecule has 218 valence electrons. The molecule has 15 N–H and O–H groups in total. The van der Waals surface area contributed by atoms with Gasteiger partial charge in [-0.15, -0.1) is 0 Å². The molecule has 0 aliphatic carbocycles. The highest BCUT2D eigenvalue weighted by Gasteiger charge is 2.32. The maximum atomic E-state index is 13.0. The number of carbonyl (C=O) groups excluding carboxylic acids is 3. The molecule has 0 aromatic rings. The van der Waals surface area contributed by atoms with Crippen molar-refractivity contribution in [3.63, 3.8) is 0 Å². The number of amides is 3. The first-order valence-electron chi connectivity index (χ1n) is 12.0. The number of thioether (sulfide) groups is 1. The van der Waals surface area contributed by atoms with Crippen molar-refractivity contribution in [1.29, 1.82) is 0 Å². The molecule has 0 heterocycles. The zero-order chi connectivity index (χ0) is 29.3. The molecule has 0 aromatic carbocycles. The molecule has 0 saturated carbocycles. The van der Waals surface area contributed by atoms with Gasteiger partial charge in [-0.1, -0.05) is 0 Å². The molecule has 38 heavy (non-hydrogen) atoms. The molecular formula is C21H42N10O6S. The molecule has 0 bridgehead atoms. The standard InChI is InChI=1S/C21H42N10O6S/c1-11(32)15(18(35)30-14(19(36)37)6-4-9-28-21(25)26)31-17(34)13(7-10-38-2)29-16(33)12(22)5-3-8-27-20(23)24/h11-15,32H,3-10,22H2,1-2H3,(H,29,33)(H,30,35)(H,31,34)(H,36,37)(H4,23,24,27)(H4,25,26,28). The Morgan fingerprint density at radius 1 is 0.816 bits per heavy atom. The van der Waals surface area contributed by atoms with E-state index in [2.05, 4.69) is 25.9 Å². The van der Waals surface area contributed by atoms with Gasteiger partial charge in [0.1, 0.15) is 18.1 Å². The van der Waals surface area contributed by atoms with E-state index >= 15 is 0 Å². The van der Waals surface area contributed by atoms with E-state index in [0.29, 0.717) is 12.2 Å². The van der Waals surface area contributed by atoms with E-state index in [9.17, 15) is 29.4 Å². The van der Waals surface area contributed by atoms with Crippen molar-refractivity contribution < 1.29 is 29.4 Å². The van der Waals surface area contributed by atoms with Crippen LogP contribution in [0.1, 0.15) is 39.0 Å². The number of nitrogens with zero attached hydrogens (tertiary/aromatic N) is 2. The molecule has 3 amide bonds. The predicted molar refractivity (Wildman–Crippen MR) is 146 cm³/mol. The summed E-state index contributed by atoms with van der Waals surface area (Å²) in [6.07, 6.45) is 1.63. The normalized spacial score (nSPS) is 14.6. The Bertz CT molecular complexity index is 833. The van der Waals surface area contributed by atoms with Gasteiger partial charge in [-0.2, -0.15) is 11.8 Å². The Kier molecular flexibility index (Phi) is 17.2. The molecule has 17 heteroatoms. The maximum Gasteiger partial charge on any atom is 0.326 e. The van der Waals surface area contributed by atoms with Crippen LogP contribution in [-0.2, 0) is 19.2 Å². The number of nitrogens with two attached hydrogens (primary N) is 5. The Balaban J connectivity index is 5.28. The fourth-order valence-corrected chi connectivity index (χ4v) is 3.59. The molecular weight excluding hydrogens is 520 g/mol. The smallest absolute Gasteiger partial charge is 0.326 e. The number of aliphatic hydroxyl groups excluding tert-OH is 1. The van der Waals surface area contributed by atoms with Gasteiger partial charge >= 0.3 is 5.97 Å². The second-order valence-corrected chi connectivity index (χ2v) is 9.46. The lowest BCUT2D eigenvalue weighted by atomic mass is 10.1.